The number of hydrogen-bond donors (Lipinski definition) is 1. The van der Waals surface area contributed by atoms with Crippen LogP contribution in [0, 0.1) is 0 Å². The Labute approximate surface area is 116 Å². The van der Waals surface area contributed by atoms with Gasteiger partial charge in [-0.2, -0.15) is 0 Å². The topological polar surface area (TPSA) is 30.5 Å². The molecule has 1 N–H and O–H groups in total. The molecule has 1 aliphatic carbocycles. The van der Waals surface area contributed by atoms with E-state index in [-0.39, 0.29) is 6.10 Å². The van der Waals surface area contributed by atoms with Crippen molar-refractivity contribution in [2.75, 3.05) is 7.11 Å². The molecule has 0 radical (unpaired) electrons. The molecule has 3 heteroatoms. The number of methoxy groups -OCH3 is 1. The van der Waals surface area contributed by atoms with E-state index in [1.807, 2.05) is 6.07 Å². The molecule has 1 atom stereocenters. The van der Waals surface area contributed by atoms with Gasteiger partial charge in [-0.25, -0.2) is 0 Å². The van der Waals surface area contributed by atoms with Crippen LogP contribution in [0.4, 0.5) is 0 Å². The summed E-state index contributed by atoms with van der Waals surface area (Å²) in [6.07, 6.45) is 3.96. The van der Waals surface area contributed by atoms with Crippen molar-refractivity contribution in [3.8, 4) is 5.75 Å². The van der Waals surface area contributed by atoms with Crippen molar-refractivity contribution in [3.05, 3.63) is 29.3 Å². The Kier molecular flexibility index (Phi) is 5.23. The highest BCUT2D eigenvalue weighted by atomic mass is 16.5. The van der Waals surface area contributed by atoms with Gasteiger partial charge >= 0.3 is 0 Å². The quantitative estimate of drug-likeness (QED) is 0.781. The van der Waals surface area contributed by atoms with Crippen molar-refractivity contribution in [3.63, 3.8) is 0 Å². The van der Waals surface area contributed by atoms with Gasteiger partial charge in [0.1, 0.15) is 5.75 Å². The fraction of sp³-hybridized carbons (Fsp3) is 0.625. The summed E-state index contributed by atoms with van der Waals surface area (Å²) in [4.78, 5) is 0. The van der Waals surface area contributed by atoms with Crippen LogP contribution >= 0.6 is 0 Å². The van der Waals surface area contributed by atoms with Gasteiger partial charge in [0.2, 0.25) is 0 Å². The molecular weight excluding hydrogens is 238 g/mol. The van der Waals surface area contributed by atoms with Gasteiger partial charge in [0.15, 0.2) is 0 Å². The summed E-state index contributed by atoms with van der Waals surface area (Å²) in [5.74, 6) is 0.915. The number of benzene rings is 1. The Morgan fingerprint density at radius 2 is 2.16 bits per heavy atom. The summed E-state index contributed by atoms with van der Waals surface area (Å²) >= 11 is 0. The summed E-state index contributed by atoms with van der Waals surface area (Å²) < 4.78 is 11.2. The fourth-order valence-corrected chi connectivity index (χ4v) is 1.95. The lowest BCUT2D eigenvalue weighted by molar-refractivity contribution is 0.0497. The average molecular weight is 263 g/mol. The Hall–Kier alpha value is -1.06. The molecule has 0 bridgehead atoms. The molecular formula is C16H25NO2. The first-order valence-electron chi connectivity index (χ1n) is 7.23. The van der Waals surface area contributed by atoms with Crippen LogP contribution in [0.25, 0.3) is 0 Å². The Morgan fingerprint density at radius 3 is 2.79 bits per heavy atom. The molecule has 1 aliphatic rings. The van der Waals surface area contributed by atoms with E-state index in [1.165, 1.54) is 18.4 Å². The van der Waals surface area contributed by atoms with Crippen LogP contribution in [0.5, 0.6) is 5.75 Å². The maximum atomic E-state index is 5.81. The van der Waals surface area contributed by atoms with E-state index in [0.29, 0.717) is 6.61 Å². The minimum absolute atomic E-state index is 0.290. The minimum Gasteiger partial charge on any atom is -0.496 e. The molecule has 106 valence electrons. The maximum absolute atomic E-state index is 5.81. The zero-order chi connectivity index (χ0) is 13.7. The molecule has 0 aromatic heterocycles. The van der Waals surface area contributed by atoms with Crippen LogP contribution in [0.15, 0.2) is 18.2 Å². The van der Waals surface area contributed by atoms with E-state index in [4.69, 9.17) is 9.47 Å². The lowest BCUT2D eigenvalue weighted by Gasteiger charge is -2.14. The van der Waals surface area contributed by atoms with E-state index in [1.54, 1.807) is 7.11 Å². The number of nitrogens with one attached hydrogen (secondary N) is 1. The second-order valence-corrected chi connectivity index (χ2v) is 5.33. The van der Waals surface area contributed by atoms with Gasteiger partial charge in [-0.05, 0) is 43.9 Å². The SMILES string of the molecule is CCC(C)OCc1cc(CNC2CC2)ccc1OC. The Balaban J connectivity index is 1.97. The summed E-state index contributed by atoms with van der Waals surface area (Å²) in [6.45, 7) is 5.79. The first-order valence-corrected chi connectivity index (χ1v) is 7.23. The molecule has 1 aromatic rings. The second kappa shape index (κ2) is 6.92. The van der Waals surface area contributed by atoms with Crippen molar-refractivity contribution in [2.45, 2.75) is 58.4 Å². The van der Waals surface area contributed by atoms with Crippen molar-refractivity contribution in [1.29, 1.82) is 0 Å². The molecule has 0 saturated heterocycles. The minimum atomic E-state index is 0.290. The highest BCUT2D eigenvalue weighted by molar-refractivity contribution is 5.37. The van der Waals surface area contributed by atoms with Gasteiger partial charge in [0, 0.05) is 18.2 Å². The zero-order valence-electron chi connectivity index (χ0n) is 12.2. The van der Waals surface area contributed by atoms with Crippen molar-refractivity contribution < 1.29 is 9.47 Å². The number of hydrogen-bond acceptors (Lipinski definition) is 3. The maximum Gasteiger partial charge on any atom is 0.124 e. The van der Waals surface area contributed by atoms with Crippen molar-refractivity contribution >= 4 is 0 Å². The summed E-state index contributed by atoms with van der Waals surface area (Å²) in [7, 11) is 1.71. The first-order chi connectivity index (χ1) is 9.22. The zero-order valence-corrected chi connectivity index (χ0v) is 12.2. The molecule has 19 heavy (non-hydrogen) atoms. The predicted molar refractivity (Wildman–Crippen MR) is 77.4 cm³/mol. The van der Waals surface area contributed by atoms with E-state index < -0.39 is 0 Å². The first kappa shape index (κ1) is 14.4. The molecule has 0 spiro atoms. The second-order valence-electron chi connectivity index (χ2n) is 5.33. The van der Waals surface area contributed by atoms with E-state index >= 15 is 0 Å². The van der Waals surface area contributed by atoms with Crippen LogP contribution in [0.1, 0.15) is 44.2 Å². The molecule has 1 fully saturated rings. The molecule has 0 aliphatic heterocycles. The number of ether oxygens (including phenoxy) is 2. The third kappa shape index (κ3) is 4.51. The molecule has 1 saturated carbocycles. The molecule has 1 unspecified atom stereocenters. The average Bonchev–Trinajstić information content (AvgIpc) is 3.26. The Morgan fingerprint density at radius 1 is 1.37 bits per heavy atom. The van der Waals surface area contributed by atoms with Gasteiger partial charge in [-0.15, -0.1) is 0 Å². The highest BCUT2D eigenvalue weighted by Crippen LogP contribution is 2.23. The van der Waals surface area contributed by atoms with Crippen molar-refractivity contribution in [2.24, 2.45) is 0 Å². The van der Waals surface area contributed by atoms with Crippen LogP contribution < -0.4 is 10.1 Å². The van der Waals surface area contributed by atoms with Crippen LogP contribution in [-0.4, -0.2) is 19.3 Å². The van der Waals surface area contributed by atoms with Crippen LogP contribution in [0.3, 0.4) is 0 Å². The molecule has 3 nitrogen and oxygen atoms in total. The van der Waals surface area contributed by atoms with E-state index in [0.717, 1.165) is 30.3 Å². The summed E-state index contributed by atoms with van der Waals surface area (Å²) in [5.41, 5.74) is 2.44. The lowest BCUT2D eigenvalue weighted by Crippen LogP contribution is -2.15. The molecule has 0 heterocycles. The van der Waals surface area contributed by atoms with Gasteiger partial charge in [-0.3, -0.25) is 0 Å². The predicted octanol–water partition coefficient (Wildman–Crippen LogP) is 3.26. The molecule has 2 rings (SSSR count). The van der Waals surface area contributed by atoms with Gasteiger partial charge in [-0.1, -0.05) is 13.0 Å². The van der Waals surface area contributed by atoms with Crippen LogP contribution in [0.2, 0.25) is 0 Å². The normalized spacial score (nSPS) is 16.4. The summed E-state index contributed by atoms with van der Waals surface area (Å²) in [5, 5.41) is 3.53. The van der Waals surface area contributed by atoms with Gasteiger partial charge < -0.3 is 14.8 Å². The molecule has 0 amide bonds. The van der Waals surface area contributed by atoms with Gasteiger partial charge in [0.25, 0.3) is 0 Å². The number of rotatable bonds is 8. The van der Waals surface area contributed by atoms with Gasteiger partial charge in [0.05, 0.1) is 19.8 Å². The monoisotopic (exact) mass is 263 g/mol. The standard InChI is InChI=1S/C16H25NO2/c1-4-12(2)19-11-14-9-13(5-8-16(14)18-3)10-17-15-6-7-15/h5,8-9,12,15,17H,4,6-7,10-11H2,1-3H3. The third-order valence-corrected chi connectivity index (χ3v) is 3.62. The summed E-state index contributed by atoms with van der Waals surface area (Å²) in [6, 6.07) is 7.10. The lowest BCUT2D eigenvalue weighted by atomic mass is 10.1. The van der Waals surface area contributed by atoms with E-state index in [2.05, 4.69) is 31.3 Å². The Bertz CT molecular complexity index is 402. The smallest absolute Gasteiger partial charge is 0.124 e. The molecule has 1 aromatic carbocycles. The van der Waals surface area contributed by atoms with Crippen LogP contribution in [-0.2, 0) is 17.9 Å². The highest BCUT2D eigenvalue weighted by Gasteiger charge is 2.20. The largest absolute Gasteiger partial charge is 0.496 e. The third-order valence-electron chi connectivity index (χ3n) is 3.62. The fourth-order valence-electron chi connectivity index (χ4n) is 1.95. The van der Waals surface area contributed by atoms with Crippen molar-refractivity contribution in [1.82, 2.24) is 5.32 Å². The van der Waals surface area contributed by atoms with E-state index in [9.17, 15) is 0 Å².